The molecule has 0 saturated carbocycles. The van der Waals surface area contributed by atoms with E-state index in [-0.39, 0.29) is 55.0 Å². The SMILES string of the molecule is CCOC(=O)CNC(=O)NCc1ccc([C@@H]2O[C@H](CN3CCN(c4ccc([N+](=O)[O-])cc4)CC3)[C@H](C)[C@H](c3ccc(CO)cc3)O2)cc1. The van der Waals surface area contributed by atoms with Crippen LogP contribution in [0.4, 0.5) is 16.2 Å². The van der Waals surface area contributed by atoms with E-state index in [1.54, 1.807) is 31.2 Å². The summed E-state index contributed by atoms with van der Waals surface area (Å²) in [4.78, 5) is 38.9. The molecule has 2 amide bonds. The molecule has 48 heavy (non-hydrogen) atoms. The van der Waals surface area contributed by atoms with Crippen molar-refractivity contribution < 1.29 is 33.8 Å². The van der Waals surface area contributed by atoms with E-state index in [1.807, 2.05) is 48.5 Å². The van der Waals surface area contributed by atoms with E-state index >= 15 is 0 Å². The number of nitro groups is 1. The van der Waals surface area contributed by atoms with Crippen LogP contribution in [0.3, 0.4) is 0 Å². The highest BCUT2D eigenvalue weighted by atomic mass is 16.7. The molecule has 2 saturated heterocycles. The van der Waals surface area contributed by atoms with E-state index in [4.69, 9.17) is 14.2 Å². The molecule has 13 nitrogen and oxygen atoms in total. The van der Waals surface area contributed by atoms with Crippen molar-refractivity contribution >= 4 is 23.4 Å². The molecule has 3 aromatic carbocycles. The van der Waals surface area contributed by atoms with Crippen molar-refractivity contribution in [2.45, 2.75) is 45.5 Å². The molecule has 3 aromatic rings. The van der Waals surface area contributed by atoms with Gasteiger partial charge in [-0.25, -0.2) is 4.79 Å². The van der Waals surface area contributed by atoms with Crippen LogP contribution in [-0.4, -0.2) is 78.9 Å². The Hall–Kier alpha value is -4.56. The Bertz CT molecular complexity index is 1510. The third kappa shape index (κ3) is 9.07. The summed E-state index contributed by atoms with van der Waals surface area (Å²) < 4.78 is 18.1. The zero-order chi connectivity index (χ0) is 34.0. The van der Waals surface area contributed by atoms with Crippen LogP contribution in [0.25, 0.3) is 0 Å². The molecular weight excluding hydrogens is 618 g/mol. The zero-order valence-corrected chi connectivity index (χ0v) is 27.2. The molecule has 256 valence electrons. The fraction of sp³-hybridized carbons (Fsp3) is 0.429. The van der Waals surface area contributed by atoms with Crippen LogP contribution >= 0.6 is 0 Å². The van der Waals surface area contributed by atoms with Gasteiger partial charge in [-0.2, -0.15) is 0 Å². The Morgan fingerprint density at radius 3 is 2.19 bits per heavy atom. The Kier molecular flexibility index (Phi) is 12.0. The number of hydrogen-bond donors (Lipinski definition) is 3. The number of hydrogen-bond acceptors (Lipinski definition) is 10. The molecular formula is C35H43N5O8. The summed E-state index contributed by atoms with van der Waals surface area (Å²) in [7, 11) is 0. The number of esters is 1. The molecule has 3 N–H and O–H groups in total. The minimum Gasteiger partial charge on any atom is -0.465 e. The van der Waals surface area contributed by atoms with Crippen LogP contribution in [0, 0.1) is 16.0 Å². The summed E-state index contributed by atoms with van der Waals surface area (Å²) >= 11 is 0. The Balaban J connectivity index is 1.23. The Morgan fingerprint density at radius 1 is 0.917 bits per heavy atom. The third-order valence-electron chi connectivity index (χ3n) is 8.76. The lowest BCUT2D eigenvalue weighted by Crippen LogP contribution is -2.51. The van der Waals surface area contributed by atoms with Gasteiger partial charge in [-0.15, -0.1) is 0 Å². The van der Waals surface area contributed by atoms with Crippen molar-refractivity contribution in [1.82, 2.24) is 15.5 Å². The number of amides is 2. The van der Waals surface area contributed by atoms with Crippen LogP contribution in [0.15, 0.2) is 72.8 Å². The molecule has 0 spiro atoms. The second kappa shape index (κ2) is 16.5. The van der Waals surface area contributed by atoms with Crippen LogP contribution in [0.5, 0.6) is 0 Å². The topological polar surface area (TPSA) is 156 Å². The summed E-state index contributed by atoms with van der Waals surface area (Å²) in [6, 6.07) is 21.7. The van der Waals surface area contributed by atoms with E-state index in [9.17, 15) is 24.8 Å². The summed E-state index contributed by atoms with van der Waals surface area (Å²) in [6.07, 6.45) is -1.00. The van der Waals surface area contributed by atoms with Crippen molar-refractivity contribution in [1.29, 1.82) is 0 Å². The maximum Gasteiger partial charge on any atom is 0.325 e. The normalized spacial score (nSPS) is 21.4. The number of piperazine rings is 1. The van der Waals surface area contributed by atoms with Gasteiger partial charge < -0.3 is 34.9 Å². The van der Waals surface area contributed by atoms with E-state index < -0.39 is 18.3 Å². The fourth-order valence-electron chi connectivity index (χ4n) is 5.96. The lowest BCUT2D eigenvalue weighted by atomic mass is 9.90. The Morgan fingerprint density at radius 2 is 1.56 bits per heavy atom. The summed E-state index contributed by atoms with van der Waals surface area (Å²) in [6.45, 7) is 8.07. The van der Waals surface area contributed by atoms with Gasteiger partial charge in [0, 0.05) is 68.6 Å². The molecule has 13 heteroatoms. The van der Waals surface area contributed by atoms with E-state index in [1.165, 1.54) is 0 Å². The van der Waals surface area contributed by atoms with Crippen LogP contribution in [0.1, 0.15) is 48.5 Å². The number of anilines is 1. The number of ether oxygens (including phenoxy) is 3. The van der Waals surface area contributed by atoms with E-state index in [2.05, 4.69) is 27.4 Å². The van der Waals surface area contributed by atoms with Crippen molar-refractivity contribution in [3.63, 3.8) is 0 Å². The van der Waals surface area contributed by atoms with Crippen molar-refractivity contribution in [2.75, 3.05) is 50.8 Å². The van der Waals surface area contributed by atoms with E-state index in [0.717, 1.165) is 54.1 Å². The van der Waals surface area contributed by atoms with Crippen LogP contribution < -0.4 is 15.5 Å². The monoisotopic (exact) mass is 661 g/mol. The third-order valence-corrected chi connectivity index (χ3v) is 8.76. The number of aliphatic hydroxyl groups is 1. The summed E-state index contributed by atoms with van der Waals surface area (Å²) in [5, 5.41) is 25.8. The van der Waals surface area contributed by atoms with E-state index in [0.29, 0.717) is 6.54 Å². The van der Waals surface area contributed by atoms with Gasteiger partial charge in [0.1, 0.15) is 6.54 Å². The highest BCUT2D eigenvalue weighted by Gasteiger charge is 2.39. The largest absolute Gasteiger partial charge is 0.465 e. The number of nitro benzene ring substituents is 1. The molecule has 2 aliphatic rings. The lowest BCUT2D eigenvalue weighted by Gasteiger charge is -2.44. The van der Waals surface area contributed by atoms with Gasteiger partial charge in [-0.3, -0.25) is 19.8 Å². The first-order chi connectivity index (χ1) is 23.2. The van der Waals surface area contributed by atoms with Gasteiger partial charge in [0.2, 0.25) is 0 Å². The predicted octanol–water partition coefficient (Wildman–Crippen LogP) is 4.06. The smallest absolute Gasteiger partial charge is 0.325 e. The average molecular weight is 662 g/mol. The summed E-state index contributed by atoms with van der Waals surface area (Å²) in [5.41, 5.74) is 4.61. The molecule has 5 rings (SSSR count). The van der Waals surface area contributed by atoms with Crippen molar-refractivity contribution in [2.24, 2.45) is 5.92 Å². The molecule has 0 unspecified atom stereocenters. The highest BCUT2D eigenvalue weighted by Crippen LogP contribution is 2.42. The second-order valence-corrected chi connectivity index (χ2v) is 12.0. The second-order valence-electron chi connectivity index (χ2n) is 12.0. The van der Waals surface area contributed by atoms with Gasteiger partial charge in [0.05, 0.1) is 30.3 Å². The number of urea groups is 1. The maximum atomic E-state index is 12.1. The number of non-ortho nitro benzene ring substituents is 1. The number of carbonyl (C=O) groups is 2. The highest BCUT2D eigenvalue weighted by molar-refractivity contribution is 5.80. The first-order valence-corrected chi connectivity index (χ1v) is 16.2. The first kappa shape index (κ1) is 34.8. The molecule has 0 aliphatic carbocycles. The number of benzene rings is 3. The summed E-state index contributed by atoms with van der Waals surface area (Å²) in [5.74, 6) is -0.463. The van der Waals surface area contributed by atoms with Crippen LogP contribution in [-0.2, 0) is 32.2 Å². The minimum absolute atomic E-state index is 0.0319. The fourth-order valence-corrected chi connectivity index (χ4v) is 5.96. The zero-order valence-electron chi connectivity index (χ0n) is 27.2. The standard InChI is InChI=1S/C35H43N5O8/c1-3-46-32(42)21-37-35(43)36-20-25-4-10-28(11-5-25)34-47-31(24(2)33(48-34)27-8-6-26(23-41)7-9-27)22-38-16-18-39(19-17-38)29-12-14-30(15-13-29)40(44)45/h4-15,24,31,33-34,41H,3,16-23H2,1-2H3,(H2,36,37,43)/t24-,31+,33+,34+/m0/s1. The van der Waals surface area contributed by atoms with Gasteiger partial charge in [-0.05, 0) is 35.7 Å². The minimum atomic E-state index is -0.620. The van der Waals surface area contributed by atoms with Gasteiger partial charge in [-0.1, -0.05) is 55.5 Å². The molecule has 2 aliphatic heterocycles. The van der Waals surface area contributed by atoms with Crippen molar-refractivity contribution in [3.05, 3.63) is 105 Å². The predicted molar refractivity (Wildman–Crippen MR) is 178 cm³/mol. The molecule has 0 aromatic heterocycles. The number of nitrogens with one attached hydrogen (secondary N) is 2. The first-order valence-electron chi connectivity index (χ1n) is 16.2. The Labute approximate surface area is 279 Å². The average Bonchev–Trinajstić information content (AvgIpc) is 3.11. The molecule has 0 bridgehead atoms. The lowest BCUT2D eigenvalue weighted by molar-refractivity contribution is -0.384. The van der Waals surface area contributed by atoms with Crippen LogP contribution in [0.2, 0.25) is 0 Å². The number of rotatable bonds is 12. The number of nitrogens with zero attached hydrogens (tertiary/aromatic N) is 3. The van der Waals surface area contributed by atoms with Gasteiger partial charge in [0.25, 0.3) is 5.69 Å². The molecule has 2 fully saturated rings. The number of aliphatic hydroxyl groups excluding tert-OH is 1. The van der Waals surface area contributed by atoms with Gasteiger partial charge >= 0.3 is 12.0 Å². The molecule has 2 heterocycles. The maximum absolute atomic E-state index is 12.1. The number of carbonyl (C=O) groups excluding carboxylic acids is 2. The molecule has 0 radical (unpaired) electrons. The quantitative estimate of drug-likeness (QED) is 0.147. The molecule has 4 atom stereocenters. The van der Waals surface area contributed by atoms with Gasteiger partial charge in [0.15, 0.2) is 6.29 Å². The van der Waals surface area contributed by atoms with Crippen molar-refractivity contribution in [3.8, 4) is 0 Å².